The van der Waals surface area contributed by atoms with Gasteiger partial charge in [0.25, 0.3) is 0 Å². The van der Waals surface area contributed by atoms with E-state index in [-0.39, 0.29) is 36.6 Å². The number of benzene rings is 4. The number of anilines is 2. The van der Waals surface area contributed by atoms with Crippen molar-refractivity contribution in [1.82, 2.24) is 24.9 Å². The van der Waals surface area contributed by atoms with Crippen molar-refractivity contribution in [3.8, 4) is 44.5 Å². The van der Waals surface area contributed by atoms with Crippen LogP contribution in [0.4, 0.5) is 11.6 Å². The molecule has 10 rings (SSSR count). The normalized spacial score (nSPS) is 11.9. The monoisotopic (exact) mass is 933 g/mol. The molecule has 0 saturated heterocycles. The molecule has 2 aliphatic rings. The molecule has 11 nitrogen and oxygen atoms in total. The molecule has 8 bridgehead atoms. The zero-order chi connectivity index (χ0) is 48.9. The highest BCUT2D eigenvalue weighted by Gasteiger charge is 2.20. The van der Waals surface area contributed by atoms with Crippen LogP contribution in [-0.2, 0) is 25.7 Å². The Morgan fingerprint density at radius 2 is 0.873 bits per heavy atom. The Balaban J connectivity index is 1.01. The Labute approximate surface area is 411 Å². The average Bonchev–Trinajstić information content (AvgIpc) is 4.22. The van der Waals surface area contributed by atoms with Crippen molar-refractivity contribution in [2.75, 3.05) is 10.6 Å². The molecule has 8 aromatic rings. The summed E-state index contributed by atoms with van der Waals surface area (Å²) in [6, 6.07) is 52.2. The molecule has 71 heavy (non-hydrogen) atoms. The number of nitrogens with one attached hydrogen (secondary N) is 4. The molecule has 0 spiro atoms. The number of nitrogens with zero attached hydrogens (tertiary/aromatic N) is 3. The van der Waals surface area contributed by atoms with Crippen molar-refractivity contribution in [3.63, 3.8) is 0 Å². The molecule has 2 amide bonds. The largest absolute Gasteiger partial charge is 0.461 e. The zero-order valence-corrected chi connectivity index (χ0v) is 39.6. The van der Waals surface area contributed by atoms with Gasteiger partial charge in [0, 0.05) is 57.2 Å². The smallest absolute Gasteiger partial charge is 0.306 e. The molecule has 4 aromatic carbocycles. The Morgan fingerprint density at radius 3 is 1.32 bits per heavy atom. The number of fused-ring (bicyclic) bond motifs is 8. The Kier molecular flexibility index (Phi) is 12.9. The minimum atomic E-state index is -0.520. The molecule has 0 fully saturated rings. The van der Waals surface area contributed by atoms with Gasteiger partial charge in [0.15, 0.2) is 0 Å². The molecular formula is C60H51N7O4. The number of hydrogen-bond donors (Lipinski definition) is 4. The first kappa shape index (κ1) is 45.8. The number of rotatable bonds is 12. The van der Waals surface area contributed by atoms with Crippen molar-refractivity contribution in [2.24, 2.45) is 5.41 Å². The number of H-pyrrole nitrogens is 2. The molecule has 0 unspecified atom stereocenters. The summed E-state index contributed by atoms with van der Waals surface area (Å²) in [5.41, 5.74) is 15.0. The molecule has 350 valence electrons. The molecule has 4 aromatic heterocycles. The van der Waals surface area contributed by atoms with Crippen LogP contribution in [0.2, 0.25) is 0 Å². The van der Waals surface area contributed by atoms with Crippen LogP contribution >= 0.6 is 0 Å². The maximum Gasteiger partial charge on any atom is 0.306 e. The molecule has 0 aliphatic carbocycles. The van der Waals surface area contributed by atoms with Crippen molar-refractivity contribution in [3.05, 3.63) is 186 Å². The Hall–Kier alpha value is -8.96. The van der Waals surface area contributed by atoms with Crippen LogP contribution in [0.5, 0.6) is 0 Å². The van der Waals surface area contributed by atoms with E-state index < -0.39 is 11.9 Å². The number of carbonyl (C=O) groups is 3. The molecular weight excluding hydrogens is 883 g/mol. The molecule has 2 aliphatic heterocycles. The highest BCUT2D eigenvalue weighted by molar-refractivity contribution is 6.00. The highest BCUT2D eigenvalue weighted by Crippen LogP contribution is 2.38. The van der Waals surface area contributed by atoms with E-state index in [1.807, 2.05) is 99.6 Å². The number of ether oxygens (including phenoxy) is 1. The minimum Gasteiger partial charge on any atom is -0.461 e. The fraction of sp³-hybridized carbons (Fsp3) is 0.133. The van der Waals surface area contributed by atoms with Crippen molar-refractivity contribution in [1.29, 1.82) is 0 Å². The number of pyridine rings is 1. The van der Waals surface area contributed by atoms with Gasteiger partial charge in [-0.25, -0.2) is 15.0 Å². The summed E-state index contributed by atoms with van der Waals surface area (Å²) < 4.78 is 5.75. The standard InChI is InChI=1S/C60H51N7O4/c1-60(2,3)36-54(69)67-52-24-14-23-51(65-52)66-53(68)33-34-55(70)71-37-38-15-13-22-42(35-38)59-49-31-29-47(63-49)57(40-18-9-5-10-19-40)45-27-25-43(61-45)56(39-16-7-4-8-17-39)44-26-28-46(62-44)58(41-20-11-6-12-21-41)48-30-32-50(59)64-48/h4-32,35,61,64H,33-34,36-37H2,1-3H3,(H2,65,66,67,68,69). The Bertz CT molecular complexity index is 3510. The summed E-state index contributed by atoms with van der Waals surface area (Å²) in [7, 11) is 0. The fourth-order valence-corrected chi connectivity index (χ4v) is 8.95. The van der Waals surface area contributed by atoms with Crippen LogP contribution < -0.4 is 10.6 Å². The van der Waals surface area contributed by atoms with Crippen molar-refractivity contribution in [2.45, 2.75) is 46.6 Å². The molecule has 6 heterocycles. The first-order valence-corrected chi connectivity index (χ1v) is 23.7. The van der Waals surface area contributed by atoms with Crippen LogP contribution in [0.3, 0.4) is 0 Å². The van der Waals surface area contributed by atoms with Gasteiger partial charge in [-0.3, -0.25) is 14.4 Å². The van der Waals surface area contributed by atoms with Crippen molar-refractivity contribution < 1.29 is 19.1 Å². The maximum atomic E-state index is 13.1. The number of amides is 2. The predicted octanol–water partition coefficient (Wildman–Crippen LogP) is 13.6. The van der Waals surface area contributed by atoms with Gasteiger partial charge >= 0.3 is 5.97 Å². The minimum absolute atomic E-state index is 0.00485. The summed E-state index contributed by atoms with van der Waals surface area (Å²) >= 11 is 0. The first-order valence-electron chi connectivity index (χ1n) is 23.7. The van der Waals surface area contributed by atoms with Crippen LogP contribution in [0.1, 0.15) is 68.4 Å². The summed E-state index contributed by atoms with van der Waals surface area (Å²) in [5.74, 6) is -0.493. The Morgan fingerprint density at radius 1 is 0.465 bits per heavy atom. The molecule has 4 N–H and O–H groups in total. The van der Waals surface area contributed by atoms with Gasteiger partial charge in [-0.15, -0.1) is 0 Å². The van der Waals surface area contributed by atoms with E-state index in [4.69, 9.17) is 14.7 Å². The second kappa shape index (κ2) is 19.9. The quantitative estimate of drug-likeness (QED) is 0.0889. The first-order chi connectivity index (χ1) is 34.5. The summed E-state index contributed by atoms with van der Waals surface area (Å²) in [6.45, 7) is 5.93. The third kappa shape index (κ3) is 10.5. The summed E-state index contributed by atoms with van der Waals surface area (Å²) in [4.78, 5) is 61.2. The van der Waals surface area contributed by atoms with Crippen molar-refractivity contribution >= 4 is 75.8 Å². The summed E-state index contributed by atoms with van der Waals surface area (Å²) in [6.07, 6.45) is 8.37. The van der Waals surface area contributed by atoms with E-state index in [1.165, 1.54) is 0 Å². The van der Waals surface area contributed by atoms with Crippen LogP contribution in [0, 0.1) is 5.41 Å². The number of hydrogen-bond acceptors (Lipinski definition) is 7. The zero-order valence-electron chi connectivity index (χ0n) is 39.6. The second-order valence-electron chi connectivity index (χ2n) is 18.7. The molecule has 0 saturated carbocycles. The number of carbonyl (C=O) groups excluding carboxylic acids is 3. The number of aromatic amines is 2. The lowest BCUT2D eigenvalue weighted by Gasteiger charge is -2.17. The third-order valence-electron chi connectivity index (χ3n) is 12.1. The SMILES string of the molecule is CC(C)(C)CC(=O)Nc1cccc(NC(=O)CCC(=O)OCc2cccc(-c3c4nc(c(-c5ccccc5)c5ccc([nH]5)c(-c5ccccc5)c5nc(c(-c6ccccc6)c6ccc3[nH]6)C=C5)C=C4)c2)n1. The maximum absolute atomic E-state index is 13.1. The van der Waals surface area contributed by atoms with Gasteiger partial charge in [0.1, 0.15) is 18.2 Å². The second-order valence-corrected chi connectivity index (χ2v) is 18.7. The van der Waals surface area contributed by atoms with Crippen LogP contribution in [-0.4, -0.2) is 42.7 Å². The van der Waals surface area contributed by atoms with Crippen LogP contribution in [0.25, 0.3) is 90.9 Å². The predicted molar refractivity (Wildman–Crippen MR) is 285 cm³/mol. The van der Waals surface area contributed by atoms with Gasteiger partial charge in [-0.2, -0.15) is 0 Å². The van der Waals surface area contributed by atoms with E-state index in [1.54, 1.807) is 18.2 Å². The lowest BCUT2D eigenvalue weighted by atomic mass is 9.92. The topological polar surface area (TPSA) is 155 Å². The van der Waals surface area contributed by atoms with Gasteiger partial charge in [0.05, 0.1) is 29.2 Å². The fourth-order valence-electron chi connectivity index (χ4n) is 8.95. The lowest BCUT2D eigenvalue weighted by molar-refractivity contribution is -0.145. The summed E-state index contributed by atoms with van der Waals surface area (Å²) in [5, 5.41) is 5.50. The van der Waals surface area contributed by atoms with Gasteiger partial charge in [-0.1, -0.05) is 136 Å². The molecule has 11 heteroatoms. The third-order valence-corrected chi connectivity index (χ3v) is 12.1. The van der Waals surface area contributed by atoms with E-state index >= 15 is 0 Å². The van der Waals surface area contributed by atoms with E-state index in [0.29, 0.717) is 12.2 Å². The molecule has 0 atom stereocenters. The number of esters is 1. The van der Waals surface area contributed by atoms with E-state index in [0.717, 1.165) is 94.9 Å². The van der Waals surface area contributed by atoms with Gasteiger partial charge in [0.2, 0.25) is 11.8 Å². The van der Waals surface area contributed by atoms with Gasteiger partial charge < -0.3 is 25.3 Å². The van der Waals surface area contributed by atoms with Gasteiger partial charge in [-0.05, 0) is 100 Å². The van der Waals surface area contributed by atoms with E-state index in [2.05, 4.69) is 111 Å². The van der Waals surface area contributed by atoms with Crippen LogP contribution in [0.15, 0.2) is 158 Å². The number of aromatic nitrogens is 5. The lowest BCUT2D eigenvalue weighted by Crippen LogP contribution is -2.20. The highest BCUT2D eigenvalue weighted by atomic mass is 16.5. The van der Waals surface area contributed by atoms with E-state index in [9.17, 15) is 14.4 Å². The average molecular weight is 934 g/mol. The molecule has 0 radical (unpaired) electrons.